The summed E-state index contributed by atoms with van der Waals surface area (Å²) in [5.41, 5.74) is 0.994. The van der Waals surface area contributed by atoms with E-state index in [2.05, 4.69) is 0 Å². The maximum atomic E-state index is 5.43. The van der Waals surface area contributed by atoms with Crippen LogP contribution in [0.4, 0.5) is 0 Å². The van der Waals surface area contributed by atoms with Crippen LogP contribution >= 0.6 is 0 Å². The topological polar surface area (TPSA) is 18.5 Å². The third kappa shape index (κ3) is 3.94. The van der Waals surface area contributed by atoms with Crippen molar-refractivity contribution in [2.24, 2.45) is 0 Å². The molecule has 2 nitrogen and oxygen atoms in total. The Labute approximate surface area is 91.4 Å². The summed E-state index contributed by atoms with van der Waals surface area (Å²) < 4.78 is 10.9. The summed E-state index contributed by atoms with van der Waals surface area (Å²) in [5, 5.41) is 0. The minimum absolute atomic E-state index is 0.376. The molecule has 0 aliphatic heterocycles. The van der Waals surface area contributed by atoms with Crippen LogP contribution in [0.5, 0.6) is 0 Å². The van der Waals surface area contributed by atoms with Gasteiger partial charge in [-0.05, 0) is 13.8 Å². The highest BCUT2D eigenvalue weighted by molar-refractivity contribution is 6.61. The largest absolute Gasteiger partial charge is 0.631 e. The van der Waals surface area contributed by atoms with E-state index in [-0.39, 0.29) is 7.12 Å². The number of hydrogen-bond donors (Lipinski definition) is 0. The van der Waals surface area contributed by atoms with Gasteiger partial charge in [0.05, 0.1) is 12.5 Å². The van der Waals surface area contributed by atoms with Crippen LogP contribution in [0.3, 0.4) is 0 Å². The normalized spacial score (nSPS) is 10.8. The first-order chi connectivity index (χ1) is 7.38. The summed E-state index contributed by atoms with van der Waals surface area (Å²) in [6.07, 6.45) is 6.91. The maximum Gasteiger partial charge on any atom is 0.631 e. The minimum atomic E-state index is -0.376. The van der Waals surface area contributed by atoms with Gasteiger partial charge in [-0.1, -0.05) is 42.5 Å². The Morgan fingerprint density at radius 2 is 1.47 bits per heavy atom. The summed E-state index contributed by atoms with van der Waals surface area (Å²) in [5.74, 6) is 0. The van der Waals surface area contributed by atoms with Gasteiger partial charge in [-0.25, -0.2) is 0 Å². The Morgan fingerprint density at radius 3 is 1.93 bits per heavy atom. The van der Waals surface area contributed by atoms with E-state index in [1.165, 1.54) is 0 Å². The van der Waals surface area contributed by atoms with Crippen LogP contribution in [0.1, 0.15) is 13.8 Å². The summed E-state index contributed by atoms with van der Waals surface area (Å²) >= 11 is 0. The molecule has 3 heteroatoms. The van der Waals surface area contributed by atoms with Crippen molar-refractivity contribution in [3.63, 3.8) is 0 Å². The van der Waals surface area contributed by atoms with E-state index in [4.69, 9.17) is 9.31 Å². The Hall–Kier alpha value is -1.64. The van der Waals surface area contributed by atoms with E-state index < -0.39 is 0 Å². The fourth-order valence-electron chi connectivity index (χ4n) is 1.10. The lowest BCUT2D eigenvalue weighted by molar-refractivity contribution is 0.356. The molecule has 0 saturated heterocycles. The first kappa shape index (κ1) is 11.4. The molecule has 0 atom stereocenters. The van der Waals surface area contributed by atoms with Crippen LogP contribution in [-0.2, 0) is 9.31 Å². The zero-order valence-electron chi connectivity index (χ0n) is 9.09. The van der Waals surface area contributed by atoms with Crippen molar-refractivity contribution in [2.45, 2.75) is 13.8 Å². The van der Waals surface area contributed by atoms with Crippen molar-refractivity contribution >= 4 is 12.6 Å². The van der Waals surface area contributed by atoms with Gasteiger partial charge >= 0.3 is 7.12 Å². The van der Waals surface area contributed by atoms with E-state index in [1.54, 1.807) is 12.5 Å². The Bertz CT molecular complexity index is 306. The predicted octanol–water partition coefficient (Wildman–Crippen LogP) is 2.48. The summed E-state index contributed by atoms with van der Waals surface area (Å²) in [4.78, 5) is 0. The molecule has 0 bridgehead atoms. The van der Waals surface area contributed by atoms with E-state index in [0.29, 0.717) is 0 Å². The number of rotatable bonds is 5. The molecule has 0 unspecified atom stereocenters. The molecular weight excluding hydrogens is 187 g/mol. The summed E-state index contributed by atoms with van der Waals surface area (Å²) in [6.45, 7) is 3.80. The van der Waals surface area contributed by atoms with Crippen molar-refractivity contribution in [3.8, 4) is 0 Å². The predicted molar refractivity (Wildman–Crippen MR) is 63.6 cm³/mol. The van der Waals surface area contributed by atoms with Gasteiger partial charge in [0.1, 0.15) is 0 Å². The smallest absolute Gasteiger partial charge is 0.529 e. The fraction of sp³-hybridized carbons (Fsp3) is 0.167. The standard InChI is InChI=1S/C12H15BO2/c1-3-10-14-13(15-11-4-2)12-8-6-5-7-9-12/h3-11H,1-2H3. The minimum Gasteiger partial charge on any atom is -0.529 e. The van der Waals surface area contributed by atoms with Gasteiger partial charge in [0.15, 0.2) is 0 Å². The number of allylic oxidation sites excluding steroid dienone is 2. The maximum absolute atomic E-state index is 5.43. The molecular formula is C12H15BO2. The van der Waals surface area contributed by atoms with Crippen molar-refractivity contribution < 1.29 is 9.31 Å². The van der Waals surface area contributed by atoms with E-state index in [9.17, 15) is 0 Å². The molecule has 1 aromatic rings. The summed E-state index contributed by atoms with van der Waals surface area (Å²) in [6, 6.07) is 9.82. The summed E-state index contributed by atoms with van der Waals surface area (Å²) in [7, 11) is -0.376. The second-order valence-corrected chi connectivity index (χ2v) is 2.95. The lowest BCUT2D eigenvalue weighted by Gasteiger charge is -2.10. The van der Waals surface area contributed by atoms with Crippen LogP contribution in [0.15, 0.2) is 55.0 Å². The van der Waals surface area contributed by atoms with Crippen LogP contribution < -0.4 is 5.46 Å². The molecule has 1 rings (SSSR count). The van der Waals surface area contributed by atoms with Crippen molar-refractivity contribution in [2.75, 3.05) is 0 Å². The third-order valence-corrected chi connectivity index (χ3v) is 1.75. The molecule has 78 valence electrons. The second kappa shape index (κ2) is 6.76. The first-order valence-corrected chi connectivity index (χ1v) is 4.96. The number of hydrogen-bond acceptors (Lipinski definition) is 2. The lowest BCUT2D eigenvalue weighted by atomic mass is 9.79. The van der Waals surface area contributed by atoms with Gasteiger partial charge in [-0.2, -0.15) is 0 Å². The molecule has 0 aliphatic rings. The van der Waals surface area contributed by atoms with Crippen molar-refractivity contribution in [3.05, 3.63) is 55.0 Å². The average Bonchev–Trinajstić information content (AvgIpc) is 2.30. The van der Waals surface area contributed by atoms with Gasteiger partial charge in [0.25, 0.3) is 0 Å². The highest BCUT2D eigenvalue weighted by Crippen LogP contribution is 1.95. The van der Waals surface area contributed by atoms with Crippen LogP contribution in [0.25, 0.3) is 0 Å². The molecule has 0 heterocycles. The van der Waals surface area contributed by atoms with Gasteiger partial charge in [-0.3, -0.25) is 0 Å². The Morgan fingerprint density at radius 1 is 0.933 bits per heavy atom. The highest BCUT2D eigenvalue weighted by atomic mass is 16.6. The Kier molecular flexibility index (Phi) is 5.16. The zero-order valence-corrected chi connectivity index (χ0v) is 9.09. The average molecular weight is 202 g/mol. The fourth-order valence-corrected chi connectivity index (χ4v) is 1.10. The van der Waals surface area contributed by atoms with Crippen LogP contribution in [-0.4, -0.2) is 7.12 Å². The van der Waals surface area contributed by atoms with Crippen LogP contribution in [0, 0.1) is 0 Å². The van der Waals surface area contributed by atoms with Gasteiger partial charge in [0, 0.05) is 5.46 Å². The number of benzene rings is 1. The molecule has 0 fully saturated rings. The first-order valence-electron chi connectivity index (χ1n) is 4.96. The van der Waals surface area contributed by atoms with E-state index >= 15 is 0 Å². The molecule has 1 aromatic carbocycles. The quantitative estimate of drug-likeness (QED) is 0.539. The third-order valence-electron chi connectivity index (χ3n) is 1.75. The molecule has 0 spiro atoms. The molecule has 0 aromatic heterocycles. The van der Waals surface area contributed by atoms with Gasteiger partial charge in [-0.15, -0.1) is 0 Å². The highest BCUT2D eigenvalue weighted by Gasteiger charge is 2.22. The second-order valence-electron chi connectivity index (χ2n) is 2.95. The monoisotopic (exact) mass is 202 g/mol. The molecule has 0 radical (unpaired) electrons. The molecule has 0 amide bonds. The lowest BCUT2D eigenvalue weighted by Crippen LogP contribution is -2.33. The SMILES string of the molecule is CC=COB(OC=CC)c1ccccc1. The van der Waals surface area contributed by atoms with E-state index in [1.807, 2.05) is 56.3 Å². The molecule has 0 N–H and O–H groups in total. The van der Waals surface area contributed by atoms with E-state index in [0.717, 1.165) is 5.46 Å². The Balaban J connectivity index is 2.71. The van der Waals surface area contributed by atoms with Gasteiger partial charge in [0.2, 0.25) is 0 Å². The molecule has 15 heavy (non-hydrogen) atoms. The molecule has 0 saturated carbocycles. The van der Waals surface area contributed by atoms with Crippen molar-refractivity contribution in [1.82, 2.24) is 0 Å². The zero-order chi connectivity index (χ0) is 10.9. The van der Waals surface area contributed by atoms with Crippen molar-refractivity contribution in [1.29, 1.82) is 0 Å². The van der Waals surface area contributed by atoms with Crippen LogP contribution in [0.2, 0.25) is 0 Å². The van der Waals surface area contributed by atoms with Gasteiger partial charge < -0.3 is 9.31 Å². The molecule has 0 aliphatic carbocycles.